The average molecular weight is 306 g/mol. The third kappa shape index (κ3) is 3.40. The molecule has 0 bridgehead atoms. The van der Waals surface area contributed by atoms with Crippen LogP contribution in [-0.4, -0.2) is 10.1 Å². The Labute approximate surface area is 116 Å². The van der Waals surface area contributed by atoms with Crippen LogP contribution in [0.3, 0.4) is 0 Å². The first kappa shape index (κ1) is 13.2. The summed E-state index contributed by atoms with van der Waals surface area (Å²) in [6, 6.07) is 9.96. The molecule has 0 aliphatic rings. The molecule has 1 aromatic heterocycles. The van der Waals surface area contributed by atoms with Crippen LogP contribution in [0.2, 0.25) is 0 Å². The number of rotatable bonds is 3. The summed E-state index contributed by atoms with van der Waals surface area (Å²) in [5.41, 5.74) is 4.09. The van der Waals surface area contributed by atoms with Crippen LogP contribution >= 0.6 is 15.9 Å². The molecule has 2 rings (SSSR count). The maximum Gasteiger partial charge on any atom is 0.0845 e. The third-order valence-electron chi connectivity index (χ3n) is 2.82. The number of halogens is 1. The summed E-state index contributed by atoms with van der Waals surface area (Å²) >= 11 is 3.45. The molecular weight excluding hydrogens is 290 g/mol. The van der Waals surface area contributed by atoms with Gasteiger partial charge in [0, 0.05) is 22.8 Å². The van der Waals surface area contributed by atoms with Gasteiger partial charge in [-0.1, -0.05) is 28.1 Å². The summed E-state index contributed by atoms with van der Waals surface area (Å²) < 4.78 is 0.994. The quantitative estimate of drug-likeness (QED) is 0.937. The zero-order valence-corrected chi connectivity index (χ0v) is 12.1. The Hall–Kier alpha value is -1.19. The van der Waals surface area contributed by atoms with Gasteiger partial charge < -0.3 is 5.11 Å². The molecule has 2 aromatic rings. The normalized spacial score (nSPS) is 12.4. The van der Waals surface area contributed by atoms with Crippen LogP contribution in [-0.2, 0) is 6.42 Å². The van der Waals surface area contributed by atoms with E-state index in [1.165, 1.54) is 0 Å². The second-order valence-corrected chi connectivity index (χ2v) is 5.52. The van der Waals surface area contributed by atoms with E-state index in [4.69, 9.17) is 0 Å². The van der Waals surface area contributed by atoms with Gasteiger partial charge in [-0.15, -0.1) is 0 Å². The molecule has 94 valence electrons. The van der Waals surface area contributed by atoms with Crippen LogP contribution in [0.25, 0.3) is 0 Å². The first-order valence-corrected chi connectivity index (χ1v) is 6.70. The van der Waals surface area contributed by atoms with E-state index in [-0.39, 0.29) is 0 Å². The molecule has 1 unspecified atom stereocenters. The molecular formula is C15H16BrNO. The molecule has 18 heavy (non-hydrogen) atoms. The highest BCUT2D eigenvalue weighted by Gasteiger charge is 2.10. The molecule has 0 aliphatic heterocycles. The Bertz CT molecular complexity index is 516. The van der Waals surface area contributed by atoms with E-state index in [0.717, 1.165) is 26.9 Å². The molecule has 0 saturated heterocycles. The van der Waals surface area contributed by atoms with Crippen molar-refractivity contribution in [1.82, 2.24) is 4.98 Å². The maximum absolute atomic E-state index is 10.2. The largest absolute Gasteiger partial charge is 0.388 e. The van der Waals surface area contributed by atoms with Crippen molar-refractivity contribution in [2.75, 3.05) is 0 Å². The summed E-state index contributed by atoms with van der Waals surface area (Å²) in [5, 5.41) is 10.2. The van der Waals surface area contributed by atoms with E-state index in [2.05, 4.69) is 20.9 Å². The van der Waals surface area contributed by atoms with Crippen molar-refractivity contribution in [2.45, 2.75) is 26.4 Å². The van der Waals surface area contributed by atoms with Gasteiger partial charge in [0.15, 0.2) is 0 Å². The number of aromatic nitrogens is 1. The highest BCUT2D eigenvalue weighted by atomic mass is 79.9. The highest BCUT2D eigenvalue weighted by Crippen LogP contribution is 2.23. The molecule has 0 aliphatic carbocycles. The van der Waals surface area contributed by atoms with Crippen molar-refractivity contribution in [3.8, 4) is 0 Å². The van der Waals surface area contributed by atoms with Gasteiger partial charge in [-0.3, -0.25) is 4.98 Å². The first-order valence-electron chi connectivity index (χ1n) is 5.91. The van der Waals surface area contributed by atoms with E-state index in [0.29, 0.717) is 6.42 Å². The fourth-order valence-corrected chi connectivity index (χ4v) is 2.52. The van der Waals surface area contributed by atoms with Gasteiger partial charge in [0.2, 0.25) is 0 Å². The van der Waals surface area contributed by atoms with Crippen LogP contribution in [0.1, 0.15) is 28.5 Å². The number of aryl methyl sites for hydroxylation is 2. The van der Waals surface area contributed by atoms with Crippen LogP contribution in [0, 0.1) is 13.8 Å². The number of benzene rings is 1. The van der Waals surface area contributed by atoms with Crippen LogP contribution in [0.4, 0.5) is 0 Å². The predicted octanol–water partition coefficient (Wildman–Crippen LogP) is 3.74. The van der Waals surface area contributed by atoms with Crippen LogP contribution in [0.5, 0.6) is 0 Å². The van der Waals surface area contributed by atoms with Crippen molar-refractivity contribution < 1.29 is 5.11 Å². The second kappa shape index (κ2) is 5.63. The van der Waals surface area contributed by atoms with Crippen molar-refractivity contribution in [1.29, 1.82) is 0 Å². The van der Waals surface area contributed by atoms with E-state index in [1.54, 1.807) is 0 Å². The average Bonchev–Trinajstić information content (AvgIpc) is 2.31. The van der Waals surface area contributed by atoms with E-state index in [1.807, 2.05) is 50.4 Å². The van der Waals surface area contributed by atoms with Crippen molar-refractivity contribution in [3.05, 3.63) is 63.4 Å². The molecule has 1 heterocycles. The fourth-order valence-electron chi connectivity index (χ4n) is 1.89. The van der Waals surface area contributed by atoms with Crippen LogP contribution in [0.15, 0.2) is 41.0 Å². The zero-order valence-electron chi connectivity index (χ0n) is 10.5. The standard InChI is InChI=1S/C15H16BrNO/c1-10-3-4-14(17-9-10)8-15(18)12-5-11(2)6-13(16)7-12/h3-7,9,15,18H,8H2,1-2H3. The Kier molecular flexibility index (Phi) is 4.15. The fraction of sp³-hybridized carbons (Fsp3) is 0.267. The van der Waals surface area contributed by atoms with Gasteiger partial charge in [0.25, 0.3) is 0 Å². The number of hydrogen-bond donors (Lipinski definition) is 1. The molecule has 0 fully saturated rings. The summed E-state index contributed by atoms with van der Waals surface area (Å²) in [7, 11) is 0. The number of hydrogen-bond acceptors (Lipinski definition) is 2. The molecule has 0 radical (unpaired) electrons. The lowest BCUT2D eigenvalue weighted by Gasteiger charge is -2.12. The smallest absolute Gasteiger partial charge is 0.0845 e. The van der Waals surface area contributed by atoms with Crippen LogP contribution < -0.4 is 0 Å². The van der Waals surface area contributed by atoms with Gasteiger partial charge in [0.05, 0.1) is 6.10 Å². The minimum absolute atomic E-state index is 0.517. The second-order valence-electron chi connectivity index (χ2n) is 4.61. The van der Waals surface area contributed by atoms with E-state index >= 15 is 0 Å². The summed E-state index contributed by atoms with van der Waals surface area (Å²) in [6.07, 6.45) is 1.85. The minimum atomic E-state index is -0.517. The maximum atomic E-state index is 10.2. The zero-order chi connectivity index (χ0) is 13.1. The molecule has 1 aromatic carbocycles. The number of aliphatic hydroxyl groups excluding tert-OH is 1. The predicted molar refractivity (Wildman–Crippen MR) is 76.5 cm³/mol. The lowest BCUT2D eigenvalue weighted by molar-refractivity contribution is 0.177. The molecule has 2 nitrogen and oxygen atoms in total. The topological polar surface area (TPSA) is 33.1 Å². The number of nitrogens with zero attached hydrogens (tertiary/aromatic N) is 1. The van der Waals surface area contributed by atoms with Crippen molar-refractivity contribution in [3.63, 3.8) is 0 Å². The molecule has 1 N–H and O–H groups in total. The lowest BCUT2D eigenvalue weighted by atomic mass is 10.0. The van der Waals surface area contributed by atoms with Crippen molar-refractivity contribution >= 4 is 15.9 Å². The van der Waals surface area contributed by atoms with Crippen molar-refractivity contribution in [2.24, 2.45) is 0 Å². The molecule has 3 heteroatoms. The first-order chi connectivity index (χ1) is 8.54. The molecule has 0 amide bonds. The third-order valence-corrected chi connectivity index (χ3v) is 3.28. The summed E-state index contributed by atoms with van der Waals surface area (Å²) in [4.78, 5) is 4.32. The number of aliphatic hydroxyl groups is 1. The molecule has 1 atom stereocenters. The van der Waals surface area contributed by atoms with Gasteiger partial charge in [-0.2, -0.15) is 0 Å². The Morgan fingerprint density at radius 1 is 1.17 bits per heavy atom. The lowest BCUT2D eigenvalue weighted by Crippen LogP contribution is -2.03. The summed E-state index contributed by atoms with van der Waals surface area (Å²) in [6.45, 7) is 4.02. The molecule has 0 saturated carbocycles. The van der Waals surface area contributed by atoms with Gasteiger partial charge >= 0.3 is 0 Å². The Balaban J connectivity index is 2.16. The van der Waals surface area contributed by atoms with Gasteiger partial charge in [-0.05, 0) is 48.7 Å². The van der Waals surface area contributed by atoms with E-state index in [9.17, 15) is 5.11 Å². The highest BCUT2D eigenvalue weighted by molar-refractivity contribution is 9.10. The van der Waals surface area contributed by atoms with E-state index < -0.39 is 6.10 Å². The number of pyridine rings is 1. The summed E-state index contributed by atoms with van der Waals surface area (Å²) in [5.74, 6) is 0. The SMILES string of the molecule is Cc1ccc(CC(O)c2cc(C)cc(Br)c2)nc1. The Morgan fingerprint density at radius 3 is 2.56 bits per heavy atom. The monoisotopic (exact) mass is 305 g/mol. The van der Waals surface area contributed by atoms with Gasteiger partial charge in [-0.25, -0.2) is 0 Å². The minimum Gasteiger partial charge on any atom is -0.388 e. The Morgan fingerprint density at radius 2 is 1.94 bits per heavy atom. The van der Waals surface area contributed by atoms with Gasteiger partial charge in [0.1, 0.15) is 0 Å². The molecule has 0 spiro atoms.